The molecule has 0 radical (unpaired) electrons. The molecule has 13 rings (SSSR count). The first-order valence-electron chi connectivity index (χ1n) is 21.7. The van der Waals surface area contributed by atoms with E-state index in [9.17, 15) is 0 Å². The second kappa shape index (κ2) is 11.8. The first-order valence-corrected chi connectivity index (χ1v) is 21.7. The van der Waals surface area contributed by atoms with Crippen molar-refractivity contribution >= 4 is 115 Å². The van der Waals surface area contributed by atoms with E-state index in [0.717, 1.165) is 11.4 Å². The van der Waals surface area contributed by atoms with Crippen LogP contribution in [0, 0.1) is 0 Å². The van der Waals surface area contributed by atoms with Gasteiger partial charge in [-0.3, -0.25) is 0 Å². The van der Waals surface area contributed by atoms with E-state index in [4.69, 9.17) is 0 Å². The van der Waals surface area contributed by atoms with Crippen LogP contribution in [0.5, 0.6) is 0 Å². The van der Waals surface area contributed by atoms with Crippen LogP contribution in [0.1, 0.15) is 52.7 Å². The summed E-state index contributed by atoms with van der Waals surface area (Å²) >= 11 is 0. The van der Waals surface area contributed by atoms with E-state index in [1.807, 2.05) is 0 Å². The summed E-state index contributed by atoms with van der Waals surface area (Å²) in [5.74, 6) is 0. The Morgan fingerprint density at radius 2 is 0.820 bits per heavy atom. The minimum atomic E-state index is -0.0778. The highest BCUT2D eigenvalue weighted by Crippen LogP contribution is 2.51. The molecule has 13 aromatic rings. The SMILES string of the molecule is CC(C)(C)c1cc(N(c2ccccc2)c2ccccc2)c2c(c1)c1cc(C(C)(C)C)cc3c4cc5c(cc4n2c31)c1cc2ccccc2c2c3ccc4ccccc4c3n5c12. The highest BCUT2D eigenvalue weighted by molar-refractivity contribution is 6.35. The molecule has 0 aliphatic heterocycles. The van der Waals surface area contributed by atoms with Crippen molar-refractivity contribution in [3.05, 3.63) is 175 Å². The number of anilines is 3. The molecule has 0 aliphatic rings. The normalized spacial score (nSPS) is 13.1. The maximum absolute atomic E-state index is 2.63. The number of hydrogen-bond acceptors (Lipinski definition) is 1. The molecule has 0 N–H and O–H groups in total. The molecule has 61 heavy (non-hydrogen) atoms. The molecule has 0 fully saturated rings. The fraction of sp³-hybridized carbons (Fsp3) is 0.138. The average molecular weight is 784 g/mol. The molecular weight excluding hydrogens is 739 g/mol. The molecule has 0 spiro atoms. The van der Waals surface area contributed by atoms with Gasteiger partial charge in [-0.1, -0.05) is 139 Å². The minimum absolute atomic E-state index is 0.0543. The van der Waals surface area contributed by atoms with Crippen LogP contribution in [-0.4, -0.2) is 8.80 Å². The lowest BCUT2D eigenvalue weighted by Crippen LogP contribution is -2.15. The highest BCUT2D eigenvalue weighted by atomic mass is 15.2. The Morgan fingerprint density at radius 3 is 1.44 bits per heavy atom. The fourth-order valence-electron chi connectivity index (χ4n) is 10.8. The Balaban J connectivity index is 1.28. The van der Waals surface area contributed by atoms with Crippen molar-refractivity contribution in [2.45, 2.75) is 52.4 Å². The number of nitrogens with zero attached hydrogens (tertiary/aromatic N) is 3. The van der Waals surface area contributed by atoms with Crippen LogP contribution >= 0.6 is 0 Å². The Bertz CT molecular complexity index is 3890. The average Bonchev–Trinajstić information content (AvgIpc) is 3.98. The number of benzene rings is 9. The molecule has 3 heteroatoms. The molecule has 0 amide bonds. The summed E-state index contributed by atoms with van der Waals surface area (Å²) in [5, 5.41) is 15.6. The Morgan fingerprint density at radius 1 is 0.344 bits per heavy atom. The van der Waals surface area contributed by atoms with Crippen LogP contribution in [0.4, 0.5) is 17.1 Å². The second-order valence-corrected chi connectivity index (χ2v) is 19.4. The topological polar surface area (TPSA) is 12.1 Å². The predicted octanol–water partition coefficient (Wildman–Crippen LogP) is 16.4. The molecule has 0 bridgehead atoms. The first kappa shape index (κ1) is 34.7. The van der Waals surface area contributed by atoms with Crippen LogP contribution in [0.15, 0.2) is 164 Å². The molecule has 0 unspecified atom stereocenters. The van der Waals surface area contributed by atoms with Gasteiger partial charge in [0.1, 0.15) is 0 Å². The lowest BCUT2D eigenvalue weighted by molar-refractivity contribution is 0.591. The summed E-state index contributed by atoms with van der Waals surface area (Å²) in [6, 6.07) is 61.8. The van der Waals surface area contributed by atoms with Crippen LogP contribution in [0.25, 0.3) is 97.7 Å². The Hall–Kier alpha value is -7.10. The zero-order chi connectivity index (χ0) is 41.1. The second-order valence-electron chi connectivity index (χ2n) is 19.4. The van der Waals surface area contributed by atoms with E-state index in [0.29, 0.717) is 0 Å². The minimum Gasteiger partial charge on any atom is -0.308 e. The van der Waals surface area contributed by atoms with Crippen LogP contribution < -0.4 is 4.90 Å². The van der Waals surface area contributed by atoms with Gasteiger partial charge in [0.2, 0.25) is 0 Å². The van der Waals surface area contributed by atoms with Gasteiger partial charge in [0, 0.05) is 59.9 Å². The summed E-state index contributed by atoms with van der Waals surface area (Å²) in [6.45, 7) is 14.1. The first-order chi connectivity index (χ1) is 29.5. The Kier molecular flexibility index (Phi) is 6.72. The van der Waals surface area contributed by atoms with Gasteiger partial charge in [0.05, 0.1) is 38.8 Å². The number of para-hydroxylation sites is 2. The molecule has 0 aliphatic carbocycles. The van der Waals surface area contributed by atoms with E-state index in [-0.39, 0.29) is 10.8 Å². The van der Waals surface area contributed by atoms with Crippen molar-refractivity contribution in [3.8, 4) is 0 Å². The maximum Gasteiger partial charge on any atom is 0.0783 e. The molecule has 4 heterocycles. The zero-order valence-corrected chi connectivity index (χ0v) is 35.4. The maximum atomic E-state index is 2.63. The Labute approximate surface area is 354 Å². The monoisotopic (exact) mass is 783 g/mol. The smallest absolute Gasteiger partial charge is 0.0783 e. The number of rotatable bonds is 3. The van der Waals surface area contributed by atoms with Crippen molar-refractivity contribution in [1.82, 2.24) is 8.80 Å². The molecule has 292 valence electrons. The lowest BCUT2D eigenvalue weighted by atomic mass is 9.84. The third-order valence-corrected chi connectivity index (χ3v) is 13.8. The van der Waals surface area contributed by atoms with E-state index in [2.05, 4.69) is 219 Å². The highest BCUT2D eigenvalue weighted by Gasteiger charge is 2.30. The molecule has 0 saturated heterocycles. The summed E-state index contributed by atoms with van der Waals surface area (Å²) in [5.41, 5.74) is 13.6. The third kappa shape index (κ3) is 4.64. The standard InChI is InChI=1S/C58H45N3/c1-57(2,3)36-28-46-44-33-50-43(45-27-35-18-14-15-23-40(35)52-42-26-25-34-17-13-16-24-41(34)53(42)61(50)56(45)52)32-49(44)60-54(46)47(29-36)48-30-37(58(4,5)6)31-51(55(48)60)59(38-19-9-7-10-20-38)39-21-11-8-12-22-39/h7-33H,1-6H3. The summed E-state index contributed by atoms with van der Waals surface area (Å²) in [4.78, 5) is 2.48. The fourth-order valence-corrected chi connectivity index (χ4v) is 10.8. The van der Waals surface area contributed by atoms with Crippen LogP contribution in [0.3, 0.4) is 0 Å². The molecule has 0 atom stereocenters. The predicted molar refractivity (Wildman–Crippen MR) is 263 cm³/mol. The molecule has 9 aromatic carbocycles. The van der Waals surface area contributed by atoms with Crippen molar-refractivity contribution in [2.75, 3.05) is 4.90 Å². The quantitative estimate of drug-likeness (QED) is 0.174. The molecule has 4 aromatic heterocycles. The molecule has 3 nitrogen and oxygen atoms in total. The van der Waals surface area contributed by atoms with Gasteiger partial charge in [-0.2, -0.15) is 0 Å². The van der Waals surface area contributed by atoms with Crippen molar-refractivity contribution in [2.24, 2.45) is 0 Å². The molecular formula is C58H45N3. The summed E-state index contributed by atoms with van der Waals surface area (Å²) < 4.78 is 5.23. The lowest BCUT2D eigenvalue weighted by Gasteiger charge is -2.29. The van der Waals surface area contributed by atoms with Gasteiger partial charge >= 0.3 is 0 Å². The van der Waals surface area contributed by atoms with E-state index in [1.165, 1.54) is 115 Å². The summed E-state index contributed by atoms with van der Waals surface area (Å²) in [7, 11) is 0. The van der Waals surface area contributed by atoms with Gasteiger partial charge < -0.3 is 13.7 Å². The van der Waals surface area contributed by atoms with Crippen LogP contribution in [0.2, 0.25) is 0 Å². The molecule has 0 saturated carbocycles. The largest absolute Gasteiger partial charge is 0.308 e. The van der Waals surface area contributed by atoms with Gasteiger partial charge in [0.25, 0.3) is 0 Å². The zero-order valence-electron chi connectivity index (χ0n) is 35.4. The van der Waals surface area contributed by atoms with Crippen molar-refractivity contribution in [3.63, 3.8) is 0 Å². The van der Waals surface area contributed by atoms with Crippen molar-refractivity contribution < 1.29 is 0 Å². The number of hydrogen-bond donors (Lipinski definition) is 0. The third-order valence-electron chi connectivity index (χ3n) is 13.8. The van der Waals surface area contributed by atoms with Gasteiger partial charge in [-0.05, 0) is 105 Å². The summed E-state index contributed by atoms with van der Waals surface area (Å²) in [6.07, 6.45) is 0. The van der Waals surface area contributed by atoms with Crippen molar-refractivity contribution in [1.29, 1.82) is 0 Å². The van der Waals surface area contributed by atoms with E-state index >= 15 is 0 Å². The number of aromatic nitrogens is 2. The van der Waals surface area contributed by atoms with E-state index < -0.39 is 0 Å². The van der Waals surface area contributed by atoms with Gasteiger partial charge in [0.15, 0.2) is 0 Å². The van der Waals surface area contributed by atoms with Crippen LogP contribution in [-0.2, 0) is 10.8 Å². The number of fused-ring (bicyclic) bond motifs is 16. The van der Waals surface area contributed by atoms with Gasteiger partial charge in [-0.15, -0.1) is 0 Å². The van der Waals surface area contributed by atoms with E-state index in [1.54, 1.807) is 0 Å². The van der Waals surface area contributed by atoms with Gasteiger partial charge in [-0.25, -0.2) is 0 Å².